The standard InChI is InChI=1S/C17H13ClF5NOS2/c1-11-16(10-25-14-4-2-3-13(18)9-14)26-17(24-11)12-5-7-15(8-6-12)27(19,20,21,22)23/h2-9H,10H2,1H3. The molecule has 0 spiro atoms. The summed E-state index contributed by atoms with van der Waals surface area (Å²) in [6.07, 6.45) is 0. The molecule has 10 heteroatoms. The zero-order valence-corrected chi connectivity index (χ0v) is 16.2. The zero-order valence-electron chi connectivity index (χ0n) is 13.8. The summed E-state index contributed by atoms with van der Waals surface area (Å²) in [5, 5.41) is 0.948. The molecule has 0 atom stereocenters. The highest BCUT2D eigenvalue weighted by Crippen LogP contribution is 3.02. The van der Waals surface area contributed by atoms with Gasteiger partial charge in [0.15, 0.2) is 0 Å². The van der Waals surface area contributed by atoms with Crippen LogP contribution in [-0.2, 0) is 6.61 Å². The van der Waals surface area contributed by atoms with Gasteiger partial charge in [-0.2, -0.15) is 0 Å². The van der Waals surface area contributed by atoms with Gasteiger partial charge in [0.05, 0.1) is 10.6 Å². The summed E-state index contributed by atoms with van der Waals surface area (Å²) < 4.78 is 69.6. The molecule has 0 aliphatic heterocycles. The van der Waals surface area contributed by atoms with Gasteiger partial charge >= 0.3 is 10.2 Å². The van der Waals surface area contributed by atoms with Gasteiger partial charge in [-0.3, -0.25) is 0 Å². The van der Waals surface area contributed by atoms with Crippen molar-refractivity contribution < 1.29 is 24.2 Å². The number of hydrogen-bond acceptors (Lipinski definition) is 3. The Hall–Kier alpha value is -1.84. The number of rotatable bonds is 5. The quantitative estimate of drug-likeness (QED) is 0.374. The molecule has 0 saturated carbocycles. The van der Waals surface area contributed by atoms with E-state index in [1.165, 1.54) is 11.3 Å². The van der Waals surface area contributed by atoms with E-state index >= 15 is 0 Å². The normalized spacial score (nSPS) is 14.5. The molecule has 0 aliphatic carbocycles. The number of hydrogen-bond donors (Lipinski definition) is 0. The van der Waals surface area contributed by atoms with E-state index in [1.54, 1.807) is 31.2 Å². The van der Waals surface area contributed by atoms with Crippen molar-refractivity contribution >= 4 is 33.2 Å². The Morgan fingerprint density at radius 2 is 1.70 bits per heavy atom. The Kier molecular flexibility index (Phi) is 4.48. The molecule has 3 aromatic rings. The van der Waals surface area contributed by atoms with E-state index in [4.69, 9.17) is 16.3 Å². The van der Waals surface area contributed by atoms with Crippen molar-refractivity contribution in [1.82, 2.24) is 4.98 Å². The molecule has 0 fully saturated rings. The molecule has 0 aliphatic rings. The van der Waals surface area contributed by atoms with Crippen molar-refractivity contribution in [3.8, 4) is 16.3 Å². The lowest BCUT2D eigenvalue weighted by atomic mass is 10.2. The Labute approximate surface area is 161 Å². The molecule has 1 heterocycles. The smallest absolute Gasteiger partial charge is 0.310 e. The van der Waals surface area contributed by atoms with Crippen LogP contribution in [0.3, 0.4) is 0 Å². The van der Waals surface area contributed by atoms with Crippen molar-refractivity contribution in [3.63, 3.8) is 0 Å². The van der Waals surface area contributed by atoms with Crippen LogP contribution in [0, 0.1) is 6.92 Å². The zero-order chi connectivity index (χ0) is 19.9. The van der Waals surface area contributed by atoms with Gasteiger partial charge < -0.3 is 4.74 Å². The highest BCUT2D eigenvalue weighted by molar-refractivity contribution is 8.45. The lowest BCUT2D eigenvalue weighted by Gasteiger charge is -2.40. The third-order valence-corrected chi connectivity index (χ3v) is 6.18. The average molecular weight is 442 g/mol. The van der Waals surface area contributed by atoms with E-state index < -0.39 is 15.1 Å². The minimum atomic E-state index is -9.67. The number of aryl methyl sites for hydroxylation is 1. The first-order valence-corrected chi connectivity index (χ1v) is 10.7. The van der Waals surface area contributed by atoms with Gasteiger partial charge in [0.1, 0.15) is 22.3 Å². The minimum absolute atomic E-state index is 0.202. The molecule has 146 valence electrons. The fourth-order valence-electron chi connectivity index (χ4n) is 2.25. The van der Waals surface area contributed by atoms with E-state index in [0.29, 0.717) is 39.2 Å². The van der Waals surface area contributed by atoms with Crippen molar-refractivity contribution in [3.05, 3.63) is 64.1 Å². The van der Waals surface area contributed by atoms with E-state index in [-0.39, 0.29) is 6.61 Å². The number of nitrogens with zero attached hydrogens (tertiary/aromatic N) is 1. The van der Waals surface area contributed by atoms with Gasteiger partial charge in [-0.1, -0.05) is 49.2 Å². The molecule has 2 aromatic carbocycles. The van der Waals surface area contributed by atoms with Crippen LogP contribution >= 0.6 is 33.2 Å². The second kappa shape index (κ2) is 6.08. The van der Waals surface area contributed by atoms with Crippen molar-refractivity contribution in [2.75, 3.05) is 0 Å². The number of halogens is 6. The second-order valence-electron chi connectivity index (χ2n) is 5.77. The second-order valence-corrected chi connectivity index (χ2v) is 9.70. The maximum absolute atomic E-state index is 12.8. The van der Waals surface area contributed by atoms with Crippen LogP contribution in [0.1, 0.15) is 10.6 Å². The number of aromatic nitrogens is 1. The summed E-state index contributed by atoms with van der Waals surface area (Å²) in [5.41, 5.74) is 0.969. The summed E-state index contributed by atoms with van der Waals surface area (Å²) in [4.78, 5) is 3.14. The molecule has 0 bridgehead atoms. The third-order valence-electron chi connectivity index (χ3n) is 3.61. The lowest BCUT2D eigenvalue weighted by molar-refractivity contribution is 0.309. The maximum Gasteiger partial charge on any atom is 0.310 e. The predicted molar refractivity (Wildman–Crippen MR) is 99.5 cm³/mol. The van der Waals surface area contributed by atoms with Gasteiger partial charge in [0, 0.05) is 10.6 Å². The lowest BCUT2D eigenvalue weighted by Crippen LogP contribution is -2.05. The van der Waals surface area contributed by atoms with Crippen molar-refractivity contribution in [1.29, 1.82) is 0 Å². The number of benzene rings is 2. The largest absolute Gasteiger partial charge is 0.488 e. The molecule has 0 saturated heterocycles. The molecule has 3 rings (SSSR count). The van der Waals surface area contributed by atoms with Crippen LogP contribution in [0.2, 0.25) is 5.02 Å². The van der Waals surface area contributed by atoms with E-state index in [0.717, 1.165) is 17.0 Å². The minimum Gasteiger partial charge on any atom is -0.488 e. The maximum atomic E-state index is 12.8. The Balaban J connectivity index is 1.80. The number of ether oxygens (including phenoxy) is 1. The van der Waals surface area contributed by atoms with Gasteiger partial charge in [0.25, 0.3) is 0 Å². The van der Waals surface area contributed by atoms with E-state index in [2.05, 4.69) is 4.98 Å². The highest BCUT2D eigenvalue weighted by Gasteiger charge is 2.65. The summed E-state index contributed by atoms with van der Waals surface area (Å²) >= 11 is 7.11. The molecule has 27 heavy (non-hydrogen) atoms. The topological polar surface area (TPSA) is 22.1 Å². The van der Waals surface area contributed by atoms with Crippen molar-refractivity contribution in [2.24, 2.45) is 0 Å². The van der Waals surface area contributed by atoms with Gasteiger partial charge in [0.2, 0.25) is 0 Å². The summed E-state index contributed by atoms with van der Waals surface area (Å²) in [5.74, 6) is 0.567. The van der Waals surface area contributed by atoms with Crippen LogP contribution in [-0.4, -0.2) is 4.98 Å². The molecule has 0 N–H and O–H groups in total. The molecular formula is C17H13ClF5NOS2. The number of thiazole rings is 1. The van der Waals surface area contributed by atoms with E-state index in [1.807, 2.05) is 0 Å². The van der Waals surface area contributed by atoms with Crippen molar-refractivity contribution in [2.45, 2.75) is 18.4 Å². The molecule has 1 aromatic heterocycles. The fraction of sp³-hybridized carbons (Fsp3) is 0.118. The highest BCUT2D eigenvalue weighted by atomic mass is 35.5. The summed E-state index contributed by atoms with van der Waals surface area (Å²) in [6.45, 7) is 1.94. The van der Waals surface area contributed by atoms with Crippen LogP contribution < -0.4 is 4.74 Å². The monoisotopic (exact) mass is 441 g/mol. The van der Waals surface area contributed by atoms with Gasteiger partial charge in [-0.15, -0.1) is 11.3 Å². The fourth-order valence-corrected chi connectivity index (χ4v) is 4.06. The van der Waals surface area contributed by atoms with Crippen LogP contribution in [0.5, 0.6) is 5.75 Å². The first kappa shape index (κ1) is 19.9. The van der Waals surface area contributed by atoms with Crippen LogP contribution in [0.25, 0.3) is 10.6 Å². The Morgan fingerprint density at radius 1 is 1.04 bits per heavy atom. The molecule has 2 nitrogen and oxygen atoms in total. The third kappa shape index (κ3) is 4.91. The first-order chi connectivity index (χ1) is 12.3. The molecule has 0 radical (unpaired) electrons. The average Bonchev–Trinajstić information content (AvgIpc) is 2.92. The van der Waals surface area contributed by atoms with Crippen LogP contribution in [0.4, 0.5) is 19.4 Å². The van der Waals surface area contributed by atoms with Gasteiger partial charge in [-0.25, -0.2) is 4.98 Å². The molecule has 0 unspecified atom stereocenters. The predicted octanol–water partition coefficient (Wildman–Crippen LogP) is 8.01. The van der Waals surface area contributed by atoms with E-state index in [9.17, 15) is 19.4 Å². The summed E-state index contributed by atoms with van der Waals surface area (Å²) in [7, 11) is -9.67. The first-order valence-electron chi connectivity index (χ1n) is 7.51. The summed E-state index contributed by atoms with van der Waals surface area (Å²) in [6, 6.07) is 9.59. The molecular weight excluding hydrogens is 429 g/mol. The Bertz CT molecular complexity index is 988. The Morgan fingerprint density at radius 3 is 2.30 bits per heavy atom. The molecule has 0 amide bonds. The SMILES string of the molecule is Cc1nc(-c2ccc(S(F)(F)(F)(F)F)cc2)sc1COc1cccc(Cl)c1. The van der Waals surface area contributed by atoms with Crippen LogP contribution in [0.15, 0.2) is 53.4 Å². The van der Waals surface area contributed by atoms with Gasteiger partial charge in [-0.05, 0) is 37.3 Å².